The molecule has 2 aromatic heterocycles. The minimum atomic E-state index is -1.69. The van der Waals surface area contributed by atoms with Crippen molar-refractivity contribution < 1.29 is 72.8 Å². The lowest BCUT2D eigenvalue weighted by molar-refractivity contribution is -0.361. The molecule has 3 aromatic rings. The number of hydrogen-bond acceptors (Lipinski definition) is 15. The van der Waals surface area contributed by atoms with Crippen LogP contribution in [0.3, 0.4) is 0 Å². The number of rotatable bonds is 10. The molecule has 1 saturated carbocycles. The van der Waals surface area contributed by atoms with Crippen molar-refractivity contribution in [2.24, 2.45) is 46.2 Å². The Morgan fingerprint density at radius 1 is 0.861 bits per heavy atom. The largest absolute Gasteiger partial charge is 0.511 e. The van der Waals surface area contributed by atoms with Gasteiger partial charge in [0.25, 0.3) is 5.91 Å². The number of fused-ring (bicyclic) bond motifs is 7. The molecule has 1 amide bonds. The molecule has 19 heteroatoms. The van der Waals surface area contributed by atoms with Gasteiger partial charge in [-0.1, -0.05) is 77.0 Å². The van der Waals surface area contributed by atoms with Crippen molar-refractivity contribution in [3.63, 3.8) is 0 Å². The van der Waals surface area contributed by atoms with E-state index < -0.39 is 125 Å². The molecule has 10 unspecified atom stereocenters. The summed E-state index contributed by atoms with van der Waals surface area (Å²) >= 11 is 0. The van der Waals surface area contributed by atoms with E-state index in [1.807, 2.05) is 65.0 Å². The van der Waals surface area contributed by atoms with Crippen LogP contribution >= 0.6 is 0 Å². The first-order valence-electron chi connectivity index (χ1n) is 28.8. The van der Waals surface area contributed by atoms with Gasteiger partial charge in [-0.05, 0) is 102 Å². The topological polar surface area (TPSA) is 283 Å². The highest BCUT2D eigenvalue weighted by Gasteiger charge is 2.66. The number of carbonyl (C=O) groups is 4. The van der Waals surface area contributed by atoms with Gasteiger partial charge in [0.1, 0.15) is 33.8 Å². The number of H-pyrrole nitrogens is 2. The van der Waals surface area contributed by atoms with Gasteiger partial charge >= 0.3 is 11.9 Å². The van der Waals surface area contributed by atoms with E-state index in [2.05, 4.69) is 21.4 Å². The summed E-state index contributed by atoms with van der Waals surface area (Å²) in [6.45, 7) is 14.6. The number of Topliss-reactive ketones (excluding diaryl/α,β-unsaturated/α-hetero) is 1. The Bertz CT molecular complexity index is 2960. The van der Waals surface area contributed by atoms with Crippen molar-refractivity contribution >= 4 is 45.6 Å². The van der Waals surface area contributed by atoms with Crippen molar-refractivity contribution in [1.82, 2.24) is 15.3 Å². The normalized spacial score (nSPS) is 44.5. The van der Waals surface area contributed by atoms with E-state index in [-0.39, 0.29) is 78.6 Å². The van der Waals surface area contributed by atoms with Crippen LogP contribution in [0.2, 0.25) is 0 Å². The molecule has 1 aromatic carbocycles. The number of hydrogen-bond donors (Lipinski definition) is 8. The molecule has 6 heterocycles. The number of carboxylic acids is 1. The lowest BCUT2D eigenvalue weighted by Gasteiger charge is -2.53. The van der Waals surface area contributed by atoms with Crippen LogP contribution in [0.1, 0.15) is 137 Å². The van der Waals surface area contributed by atoms with E-state index in [1.54, 1.807) is 32.9 Å². The fourth-order valence-electron chi connectivity index (χ4n) is 15.3. The number of aliphatic hydroxyl groups excluding tert-OH is 2. The van der Waals surface area contributed by atoms with Gasteiger partial charge in [-0.3, -0.25) is 9.59 Å². The highest BCUT2D eigenvalue weighted by molar-refractivity contribution is 6.29. The first-order chi connectivity index (χ1) is 37.5. The number of aromatic amines is 2. The second kappa shape index (κ2) is 20.8. The second-order valence-electron chi connectivity index (χ2n) is 25.2. The van der Waals surface area contributed by atoms with Crippen molar-refractivity contribution in [2.45, 2.75) is 211 Å². The number of aromatic nitrogens is 2. The Morgan fingerprint density at radius 3 is 2.38 bits per heavy atom. The van der Waals surface area contributed by atoms with E-state index >= 15 is 4.79 Å². The summed E-state index contributed by atoms with van der Waals surface area (Å²) in [7, 11) is 0. The molecular formula is C60H80N4O15. The maximum atomic E-state index is 15.1. The van der Waals surface area contributed by atoms with Gasteiger partial charge in [0, 0.05) is 63.9 Å². The molecule has 21 atom stereocenters. The van der Waals surface area contributed by atoms with Gasteiger partial charge < -0.3 is 74.6 Å². The summed E-state index contributed by atoms with van der Waals surface area (Å²) in [4.78, 5) is 62.2. The Hall–Kier alpha value is -4.96. The molecule has 0 radical (unpaired) electrons. The monoisotopic (exact) mass is 1100 g/mol. The number of aliphatic carboxylic acids is 1. The van der Waals surface area contributed by atoms with E-state index in [1.165, 1.54) is 0 Å². The molecule has 430 valence electrons. The summed E-state index contributed by atoms with van der Waals surface area (Å²) in [5.74, 6) is -5.06. The third-order valence-corrected chi connectivity index (χ3v) is 20.1. The Labute approximate surface area is 460 Å². The number of esters is 1. The first-order valence-corrected chi connectivity index (χ1v) is 28.8. The zero-order valence-corrected chi connectivity index (χ0v) is 46.6. The van der Waals surface area contributed by atoms with Crippen molar-refractivity contribution in [3.05, 3.63) is 71.2 Å². The summed E-state index contributed by atoms with van der Waals surface area (Å²) in [6.07, 6.45) is 2.87. The summed E-state index contributed by atoms with van der Waals surface area (Å²) in [5.41, 5.74) is 2.71. The van der Waals surface area contributed by atoms with Crippen LogP contribution in [-0.2, 0) is 47.5 Å². The molecule has 19 nitrogen and oxygen atoms in total. The number of carboxylic acid groups (broad SMARTS) is 1. The highest BCUT2D eigenvalue weighted by atomic mass is 16.7. The van der Waals surface area contributed by atoms with Gasteiger partial charge in [0.2, 0.25) is 0 Å². The fraction of sp³-hybridized carbons (Fsp3) is 0.667. The van der Waals surface area contributed by atoms with Gasteiger partial charge in [-0.15, -0.1) is 0 Å². The summed E-state index contributed by atoms with van der Waals surface area (Å²) in [5, 5.41) is 52.3. The number of allylic oxidation sites excluding steroid dienone is 2. The number of carbonyl (C=O) groups excluding carboxylic acids is 3. The third kappa shape index (κ3) is 9.49. The molecule has 9 N–H and O–H groups in total. The Balaban J connectivity index is 0.770. The first kappa shape index (κ1) is 55.9. The number of ketones is 1. The average molecular weight is 1100 g/mol. The van der Waals surface area contributed by atoms with E-state index in [0.717, 1.165) is 22.7 Å². The van der Waals surface area contributed by atoms with E-state index in [9.17, 15) is 34.8 Å². The Kier molecular flexibility index (Phi) is 14.7. The van der Waals surface area contributed by atoms with Crippen LogP contribution in [0.15, 0.2) is 65.5 Å². The number of amides is 1. The highest BCUT2D eigenvalue weighted by Crippen LogP contribution is 2.60. The zero-order chi connectivity index (χ0) is 56.2. The standard InChI is InChI=1S/C60H80N4O15/c1-9-32-26-57(6)27-37(53(69)70)28(2)25-60(57)50(67)48(52(68)64-60)49(66)58(7)33(22-42(32)65)17-18-35-38(58)14-12-16-44(35)76-47-20-19-43(31(5)74-47)78-56-59(8,72)46(21-29(3)73-56)79-55-45(24-39(61)30(4)75-55)77-54(71)41-23-36-34-13-10-11-15-40(34)62-51(36)63-41/h10-11,13,15,17-18,23,27-33,35,38-39,42-47,55-56,62-63,65-66,72H,9,12,14,16,19-22,24-26,61H2,1-8H3,(H,64,68)(H,69,70)/b49-48+/t28?,29-,30-,31-,32?,33?,35?,38?,39-,42?,43-,44?,45+,46-,47+,55+,56+,57?,58?,59-,60?/m0/s1. The molecule has 4 aliphatic heterocycles. The number of aliphatic hydroxyl groups is 3. The molecule has 4 saturated heterocycles. The SMILES string of the molecule is CCC1CC2(C)C=C(C(=O)O)C(C)CC23NC(=O)/C(=C(/O)C2(C)C(C=CC4C(O[C@@H]5CC[C@H](O[C@H]6O[C@@H](C)C[C@H](O[C@H]7O[C@@H](C)[C@@H](N)C[C@H]7OC(=O)c7cc8c([nH]7)[nH]c7ccccc78)[C@]6(C)O)[C@H](C)O5)CCCC42)CC1O)C3=O. The maximum absolute atomic E-state index is 15.1. The quantitative estimate of drug-likeness (QED) is 0.0562. The van der Waals surface area contributed by atoms with Crippen LogP contribution in [0, 0.1) is 40.4 Å². The summed E-state index contributed by atoms with van der Waals surface area (Å²) < 4.78 is 45.4. The molecule has 2 bridgehead atoms. The molecule has 8 aliphatic rings. The lowest BCUT2D eigenvalue weighted by atomic mass is 9.53. The van der Waals surface area contributed by atoms with Crippen LogP contribution in [-0.4, -0.2) is 139 Å². The molecule has 11 rings (SSSR count). The Morgan fingerprint density at radius 2 is 1.63 bits per heavy atom. The molecular weight excluding hydrogens is 1020 g/mol. The van der Waals surface area contributed by atoms with Crippen molar-refractivity contribution in [1.29, 1.82) is 0 Å². The minimum Gasteiger partial charge on any atom is -0.511 e. The fourth-order valence-corrected chi connectivity index (χ4v) is 15.3. The van der Waals surface area contributed by atoms with Crippen LogP contribution < -0.4 is 11.1 Å². The number of nitrogens with two attached hydrogens (primary N) is 1. The van der Waals surface area contributed by atoms with Crippen molar-refractivity contribution in [2.75, 3.05) is 0 Å². The number of ether oxygens (including phenoxy) is 7. The predicted molar refractivity (Wildman–Crippen MR) is 288 cm³/mol. The van der Waals surface area contributed by atoms with E-state index in [4.69, 9.17) is 38.9 Å². The van der Waals surface area contributed by atoms with Crippen LogP contribution in [0.4, 0.5) is 0 Å². The van der Waals surface area contributed by atoms with E-state index in [0.29, 0.717) is 37.8 Å². The van der Waals surface area contributed by atoms with Gasteiger partial charge in [-0.25, -0.2) is 9.59 Å². The number of benzene rings is 1. The van der Waals surface area contributed by atoms with Crippen LogP contribution in [0.25, 0.3) is 21.9 Å². The maximum Gasteiger partial charge on any atom is 0.355 e. The third-order valence-electron chi connectivity index (χ3n) is 20.1. The number of para-hydroxylation sites is 1. The van der Waals surface area contributed by atoms with Gasteiger partial charge in [0.05, 0.1) is 42.7 Å². The number of nitrogens with one attached hydrogen (secondary N) is 3. The minimum absolute atomic E-state index is 0.0440. The average Bonchev–Trinajstić information content (AvgIpc) is 3.39. The van der Waals surface area contributed by atoms with Crippen molar-refractivity contribution in [3.8, 4) is 0 Å². The summed E-state index contributed by atoms with van der Waals surface area (Å²) in [6, 6.07) is 9.13. The zero-order valence-electron chi connectivity index (χ0n) is 46.6. The smallest absolute Gasteiger partial charge is 0.355 e. The molecule has 5 fully saturated rings. The second-order valence-corrected chi connectivity index (χ2v) is 25.2. The van der Waals surface area contributed by atoms with Gasteiger partial charge in [-0.2, -0.15) is 0 Å². The molecule has 4 aliphatic carbocycles. The molecule has 79 heavy (non-hydrogen) atoms. The predicted octanol–water partition coefficient (Wildman–Crippen LogP) is 7.30. The lowest BCUT2D eigenvalue weighted by Crippen LogP contribution is -2.62. The van der Waals surface area contributed by atoms with Crippen LogP contribution in [0.5, 0.6) is 0 Å². The van der Waals surface area contributed by atoms with Gasteiger partial charge in [0.15, 0.2) is 30.8 Å². The molecule has 1 spiro atoms.